The maximum atomic E-state index is 11.4. The van der Waals surface area contributed by atoms with Gasteiger partial charge in [0.1, 0.15) is 6.61 Å². The van der Waals surface area contributed by atoms with E-state index in [0.29, 0.717) is 18.2 Å². The lowest BCUT2D eigenvalue weighted by atomic mass is 10.3. The second-order valence-electron chi connectivity index (χ2n) is 4.48. The molecule has 6 heteroatoms. The van der Waals surface area contributed by atoms with Gasteiger partial charge in [-0.15, -0.1) is 0 Å². The molecule has 6 nitrogen and oxygen atoms in total. The number of anilines is 1. The molecule has 0 amide bonds. The smallest absolute Gasteiger partial charge is 0.356 e. The average Bonchev–Trinajstić information content (AvgIpc) is 2.93. The zero-order valence-electron chi connectivity index (χ0n) is 11.1. The highest BCUT2D eigenvalue weighted by molar-refractivity contribution is 5.87. The number of pyridine rings is 1. The minimum Gasteiger partial charge on any atom is -0.475 e. The Balaban J connectivity index is 1.92. The third-order valence-corrected chi connectivity index (χ3v) is 3.13. The molecule has 0 radical (unpaired) electrons. The standard InChI is InChI=1S/C13H19N3O3/c1-18-13(17)11-5-4-10(14)12(15-11)19-9-8-16-6-2-3-7-16/h4-5H,2-3,6-9,14H2,1H3. The van der Waals surface area contributed by atoms with Crippen LogP contribution in [0.15, 0.2) is 12.1 Å². The fourth-order valence-corrected chi connectivity index (χ4v) is 2.06. The Hall–Kier alpha value is -1.82. The maximum Gasteiger partial charge on any atom is 0.356 e. The predicted octanol–water partition coefficient (Wildman–Crippen LogP) is 0.925. The Kier molecular flexibility index (Phi) is 4.57. The first-order valence-electron chi connectivity index (χ1n) is 6.40. The van der Waals surface area contributed by atoms with E-state index in [9.17, 15) is 4.79 Å². The predicted molar refractivity (Wildman–Crippen MR) is 71.2 cm³/mol. The largest absolute Gasteiger partial charge is 0.475 e. The number of hydrogen-bond acceptors (Lipinski definition) is 6. The molecule has 19 heavy (non-hydrogen) atoms. The van der Waals surface area contributed by atoms with Crippen LogP contribution in [-0.4, -0.2) is 49.2 Å². The van der Waals surface area contributed by atoms with Crippen LogP contribution in [0.3, 0.4) is 0 Å². The van der Waals surface area contributed by atoms with Crippen molar-refractivity contribution in [1.82, 2.24) is 9.88 Å². The van der Waals surface area contributed by atoms with Crippen LogP contribution in [0.2, 0.25) is 0 Å². The van der Waals surface area contributed by atoms with Crippen molar-refractivity contribution in [2.45, 2.75) is 12.8 Å². The number of hydrogen-bond donors (Lipinski definition) is 1. The molecule has 2 heterocycles. The van der Waals surface area contributed by atoms with E-state index in [1.165, 1.54) is 26.0 Å². The minimum absolute atomic E-state index is 0.202. The van der Waals surface area contributed by atoms with Crippen molar-refractivity contribution in [2.75, 3.05) is 39.1 Å². The lowest BCUT2D eigenvalue weighted by Crippen LogP contribution is -2.25. The zero-order chi connectivity index (χ0) is 13.7. The summed E-state index contributed by atoms with van der Waals surface area (Å²) in [4.78, 5) is 17.8. The first kappa shape index (κ1) is 13.6. The van der Waals surface area contributed by atoms with Crippen LogP contribution in [0.4, 0.5) is 5.69 Å². The topological polar surface area (TPSA) is 77.7 Å². The summed E-state index contributed by atoms with van der Waals surface area (Å²) in [5.41, 5.74) is 6.40. The Morgan fingerprint density at radius 1 is 1.42 bits per heavy atom. The number of rotatable bonds is 5. The van der Waals surface area contributed by atoms with Crippen molar-refractivity contribution in [1.29, 1.82) is 0 Å². The molecule has 1 aliphatic heterocycles. The van der Waals surface area contributed by atoms with Crippen molar-refractivity contribution in [2.24, 2.45) is 0 Å². The maximum absolute atomic E-state index is 11.4. The monoisotopic (exact) mass is 265 g/mol. The van der Waals surface area contributed by atoms with Crippen molar-refractivity contribution < 1.29 is 14.3 Å². The van der Waals surface area contributed by atoms with Gasteiger partial charge in [-0.3, -0.25) is 4.90 Å². The molecule has 1 fully saturated rings. The number of methoxy groups -OCH3 is 1. The summed E-state index contributed by atoms with van der Waals surface area (Å²) in [5.74, 6) is -0.202. The average molecular weight is 265 g/mol. The second-order valence-corrected chi connectivity index (χ2v) is 4.48. The van der Waals surface area contributed by atoms with Gasteiger partial charge in [0.2, 0.25) is 5.88 Å². The molecule has 1 aliphatic rings. The summed E-state index contributed by atoms with van der Waals surface area (Å²) >= 11 is 0. The third-order valence-electron chi connectivity index (χ3n) is 3.13. The van der Waals surface area contributed by atoms with Crippen LogP contribution < -0.4 is 10.5 Å². The Morgan fingerprint density at radius 2 is 2.16 bits per heavy atom. The number of nitrogen functional groups attached to an aromatic ring is 1. The van der Waals surface area contributed by atoms with Gasteiger partial charge in [0.25, 0.3) is 0 Å². The van der Waals surface area contributed by atoms with Crippen LogP contribution in [0.1, 0.15) is 23.3 Å². The van der Waals surface area contributed by atoms with E-state index in [1.54, 1.807) is 6.07 Å². The van der Waals surface area contributed by atoms with E-state index < -0.39 is 5.97 Å². The molecule has 104 valence electrons. The van der Waals surface area contributed by atoms with Crippen molar-refractivity contribution in [3.05, 3.63) is 17.8 Å². The normalized spacial score (nSPS) is 15.4. The highest BCUT2D eigenvalue weighted by Gasteiger charge is 2.13. The van der Waals surface area contributed by atoms with Crippen molar-refractivity contribution in [3.8, 4) is 5.88 Å². The summed E-state index contributed by atoms with van der Waals surface area (Å²) in [7, 11) is 1.31. The molecule has 0 aromatic carbocycles. The highest BCUT2D eigenvalue weighted by atomic mass is 16.5. The van der Waals surface area contributed by atoms with Gasteiger partial charge in [-0.2, -0.15) is 0 Å². The number of likely N-dealkylation sites (tertiary alicyclic amines) is 1. The van der Waals surface area contributed by atoms with E-state index in [1.807, 2.05) is 0 Å². The minimum atomic E-state index is -0.496. The molecule has 0 aliphatic carbocycles. The number of esters is 1. The molecule has 1 saturated heterocycles. The van der Waals surface area contributed by atoms with Gasteiger partial charge in [0, 0.05) is 6.54 Å². The van der Waals surface area contributed by atoms with Gasteiger partial charge in [0.05, 0.1) is 12.8 Å². The number of carbonyl (C=O) groups is 1. The fraction of sp³-hybridized carbons (Fsp3) is 0.538. The van der Waals surface area contributed by atoms with E-state index >= 15 is 0 Å². The Labute approximate surface area is 112 Å². The number of nitrogens with two attached hydrogens (primary N) is 1. The Morgan fingerprint density at radius 3 is 2.84 bits per heavy atom. The van der Waals surface area contributed by atoms with Gasteiger partial charge in [-0.05, 0) is 38.1 Å². The van der Waals surface area contributed by atoms with E-state index in [2.05, 4.69) is 14.6 Å². The number of carbonyl (C=O) groups excluding carboxylic acids is 1. The zero-order valence-corrected chi connectivity index (χ0v) is 11.1. The summed E-state index contributed by atoms with van der Waals surface area (Å²) in [6.45, 7) is 3.61. The summed E-state index contributed by atoms with van der Waals surface area (Å²) in [5, 5.41) is 0. The first-order valence-corrected chi connectivity index (χ1v) is 6.40. The highest BCUT2D eigenvalue weighted by Crippen LogP contribution is 2.19. The Bertz CT molecular complexity index is 445. The van der Waals surface area contributed by atoms with E-state index in [-0.39, 0.29) is 5.69 Å². The van der Waals surface area contributed by atoms with Crippen molar-refractivity contribution in [3.63, 3.8) is 0 Å². The van der Waals surface area contributed by atoms with Crippen LogP contribution in [0.25, 0.3) is 0 Å². The molecule has 0 saturated carbocycles. The molecule has 2 rings (SSSR count). The van der Waals surface area contributed by atoms with Crippen LogP contribution in [-0.2, 0) is 4.74 Å². The van der Waals surface area contributed by atoms with E-state index in [4.69, 9.17) is 10.5 Å². The lowest BCUT2D eigenvalue weighted by Gasteiger charge is -2.15. The SMILES string of the molecule is COC(=O)c1ccc(N)c(OCCN2CCCC2)n1. The molecular formula is C13H19N3O3. The van der Waals surface area contributed by atoms with Gasteiger partial charge in [-0.25, -0.2) is 9.78 Å². The van der Waals surface area contributed by atoms with Gasteiger partial charge in [0.15, 0.2) is 5.69 Å². The second kappa shape index (κ2) is 6.38. The number of aromatic nitrogens is 1. The summed E-state index contributed by atoms with van der Waals surface area (Å²) in [6, 6.07) is 3.12. The molecule has 0 unspecified atom stereocenters. The fourth-order valence-electron chi connectivity index (χ4n) is 2.06. The third kappa shape index (κ3) is 3.57. The van der Waals surface area contributed by atoms with Gasteiger partial charge in [-0.1, -0.05) is 0 Å². The van der Waals surface area contributed by atoms with Gasteiger partial charge < -0.3 is 15.2 Å². The molecular weight excluding hydrogens is 246 g/mol. The lowest BCUT2D eigenvalue weighted by molar-refractivity contribution is 0.0592. The molecule has 0 bridgehead atoms. The molecule has 1 aromatic heterocycles. The quantitative estimate of drug-likeness (QED) is 0.798. The molecule has 1 aromatic rings. The molecule has 0 spiro atoms. The van der Waals surface area contributed by atoms with Crippen LogP contribution >= 0.6 is 0 Å². The summed E-state index contributed by atoms with van der Waals surface area (Å²) < 4.78 is 10.2. The number of ether oxygens (including phenoxy) is 2. The van der Waals surface area contributed by atoms with Gasteiger partial charge >= 0.3 is 5.97 Å². The first-order chi connectivity index (χ1) is 9.20. The summed E-state index contributed by atoms with van der Waals surface area (Å²) in [6.07, 6.45) is 2.50. The molecule has 0 atom stereocenters. The number of nitrogens with zero attached hydrogens (tertiary/aromatic N) is 2. The molecule has 2 N–H and O–H groups in total. The van der Waals surface area contributed by atoms with E-state index in [0.717, 1.165) is 19.6 Å². The van der Waals surface area contributed by atoms with Crippen LogP contribution in [0.5, 0.6) is 5.88 Å². The van der Waals surface area contributed by atoms with Crippen molar-refractivity contribution >= 4 is 11.7 Å². The van der Waals surface area contributed by atoms with Crippen LogP contribution in [0, 0.1) is 0 Å².